The molecule has 4 nitrogen and oxygen atoms in total. The van der Waals surface area contributed by atoms with E-state index in [0.29, 0.717) is 0 Å². The summed E-state index contributed by atoms with van der Waals surface area (Å²) in [4.78, 5) is 14.9. The predicted octanol–water partition coefficient (Wildman–Crippen LogP) is 1.78. The Kier molecular flexibility index (Phi) is 3.94. The molecule has 1 aliphatic carbocycles. The maximum Gasteiger partial charge on any atom is 0.243 e. The zero-order valence-corrected chi connectivity index (χ0v) is 12.7. The molecule has 4 heteroatoms. The Labute approximate surface area is 116 Å². The molecule has 2 N–H and O–H groups in total. The zero-order valence-electron chi connectivity index (χ0n) is 12.7. The molecule has 1 saturated heterocycles. The lowest BCUT2D eigenvalue weighted by atomic mass is 9.47. The third-order valence-electron chi connectivity index (χ3n) is 5.08. The van der Waals surface area contributed by atoms with Crippen LogP contribution >= 0.6 is 0 Å². The first-order chi connectivity index (χ1) is 8.91. The average Bonchev–Trinajstić information content (AvgIpc) is 2.84. The van der Waals surface area contributed by atoms with E-state index in [-0.39, 0.29) is 23.3 Å². The van der Waals surface area contributed by atoms with Crippen molar-refractivity contribution in [2.24, 2.45) is 17.1 Å². The Morgan fingerprint density at radius 3 is 2.42 bits per heavy atom. The van der Waals surface area contributed by atoms with Crippen LogP contribution in [0.15, 0.2) is 0 Å². The van der Waals surface area contributed by atoms with Gasteiger partial charge in [0.05, 0.1) is 6.10 Å². The Morgan fingerprint density at radius 2 is 1.89 bits per heavy atom. The summed E-state index contributed by atoms with van der Waals surface area (Å²) >= 11 is 0. The van der Waals surface area contributed by atoms with Crippen molar-refractivity contribution in [3.8, 4) is 0 Å². The van der Waals surface area contributed by atoms with Gasteiger partial charge in [-0.15, -0.1) is 0 Å². The van der Waals surface area contributed by atoms with Crippen molar-refractivity contribution < 1.29 is 9.53 Å². The second-order valence-electron chi connectivity index (χ2n) is 6.57. The number of amides is 1. The number of nitrogens with zero attached hydrogens (tertiary/aromatic N) is 1. The van der Waals surface area contributed by atoms with Crippen LogP contribution in [-0.4, -0.2) is 42.1 Å². The molecule has 19 heavy (non-hydrogen) atoms. The van der Waals surface area contributed by atoms with Crippen molar-refractivity contribution in [2.45, 2.75) is 58.6 Å². The monoisotopic (exact) mass is 268 g/mol. The van der Waals surface area contributed by atoms with Gasteiger partial charge < -0.3 is 15.4 Å². The van der Waals surface area contributed by atoms with E-state index in [1.165, 1.54) is 0 Å². The largest absolute Gasteiger partial charge is 0.377 e. The first-order valence-electron chi connectivity index (χ1n) is 7.61. The van der Waals surface area contributed by atoms with Crippen LogP contribution in [0.3, 0.4) is 0 Å². The third-order valence-corrected chi connectivity index (χ3v) is 5.08. The average molecular weight is 268 g/mol. The number of hydrogen-bond donors (Lipinski definition) is 1. The van der Waals surface area contributed by atoms with Gasteiger partial charge in [-0.3, -0.25) is 4.79 Å². The van der Waals surface area contributed by atoms with Crippen LogP contribution in [0, 0.1) is 11.3 Å². The maximum atomic E-state index is 12.9. The third kappa shape index (κ3) is 1.91. The molecule has 3 unspecified atom stereocenters. The number of hydrogen-bond acceptors (Lipinski definition) is 3. The van der Waals surface area contributed by atoms with E-state index >= 15 is 0 Å². The fraction of sp³-hybridized carbons (Fsp3) is 0.933. The van der Waals surface area contributed by atoms with E-state index in [1.807, 2.05) is 4.90 Å². The quantitative estimate of drug-likeness (QED) is 0.827. The minimum atomic E-state index is -0.738. The zero-order chi connectivity index (χ0) is 14.3. The highest BCUT2D eigenvalue weighted by Gasteiger charge is 2.71. The summed E-state index contributed by atoms with van der Waals surface area (Å²) in [5.74, 6) is 0.333. The standard InChI is InChI=1S/C15H28N2O2/c1-5-8-17(9-6-2)13(18)15(16)11-7-10-19-12(11)14(15,3)4/h11-12H,5-10,16H2,1-4H3. The van der Waals surface area contributed by atoms with Gasteiger partial charge in [0.25, 0.3) is 0 Å². The van der Waals surface area contributed by atoms with Crippen molar-refractivity contribution in [3.05, 3.63) is 0 Å². The Hall–Kier alpha value is -0.610. The number of ether oxygens (including phenoxy) is 1. The van der Waals surface area contributed by atoms with Crippen LogP contribution in [0.5, 0.6) is 0 Å². The van der Waals surface area contributed by atoms with Gasteiger partial charge in [-0.2, -0.15) is 0 Å². The van der Waals surface area contributed by atoms with Crippen molar-refractivity contribution in [2.75, 3.05) is 19.7 Å². The first-order valence-corrected chi connectivity index (χ1v) is 7.61. The molecule has 0 aromatic rings. The van der Waals surface area contributed by atoms with E-state index in [1.54, 1.807) is 0 Å². The van der Waals surface area contributed by atoms with Crippen LogP contribution in [0.4, 0.5) is 0 Å². The van der Waals surface area contributed by atoms with Gasteiger partial charge in [0.15, 0.2) is 0 Å². The number of nitrogens with two attached hydrogens (primary N) is 1. The molecule has 2 fully saturated rings. The number of fused-ring (bicyclic) bond motifs is 1. The summed E-state index contributed by atoms with van der Waals surface area (Å²) in [6, 6.07) is 0. The molecule has 1 saturated carbocycles. The van der Waals surface area contributed by atoms with Gasteiger partial charge in [-0.25, -0.2) is 0 Å². The summed E-state index contributed by atoms with van der Waals surface area (Å²) in [5.41, 5.74) is 5.60. The lowest BCUT2D eigenvalue weighted by Gasteiger charge is -2.61. The number of carbonyl (C=O) groups excluding carboxylic acids is 1. The molecule has 0 spiro atoms. The molecule has 110 valence electrons. The van der Waals surface area contributed by atoms with Crippen LogP contribution in [0.1, 0.15) is 47.0 Å². The van der Waals surface area contributed by atoms with Gasteiger partial charge in [-0.05, 0) is 19.3 Å². The highest BCUT2D eigenvalue weighted by molar-refractivity contribution is 5.89. The highest BCUT2D eigenvalue weighted by Crippen LogP contribution is 2.58. The van der Waals surface area contributed by atoms with Crippen LogP contribution in [0.2, 0.25) is 0 Å². The smallest absolute Gasteiger partial charge is 0.243 e. The first kappa shape index (κ1) is 14.8. The molecule has 0 radical (unpaired) electrons. The Morgan fingerprint density at radius 1 is 1.32 bits per heavy atom. The minimum absolute atomic E-state index is 0.132. The summed E-state index contributed by atoms with van der Waals surface area (Å²) in [7, 11) is 0. The SMILES string of the molecule is CCCN(CCC)C(=O)C1(N)C2CCOC2C1(C)C. The van der Waals surface area contributed by atoms with Crippen molar-refractivity contribution in [1.29, 1.82) is 0 Å². The van der Waals surface area contributed by atoms with E-state index in [9.17, 15) is 4.79 Å². The van der Waals surface area contributed by atoms with Gasteiger partial charge in [0.2, 0.25) is 5.91 Å². The summed E-state index contributed by atoms with van der Waals surface area (Å²) in [6.45, 7) is 10.7. The molecule has 0 bridgehead atoms. The van der Waals surface area contributed by atoms with Crippen LogP contribution in [0.25, 0.3) is 0 Å². The molecule has 0 aromatic carbocycles. The molecular formula is C15H28N2O2. The predicted molar refractivity (Wildman–Crippen MR) is 75.7 cm³/mol. The lowest BCUT2D eigenvalue weighted by Crippen LogP contribution is -2.80. The number of rotatable bonds is 5. The van der Waals surface area contributed by atoms with Crippen molar-refractivity contribution in [1.82, 2.24) is 4.90 Å². The Bertz CT molecular complexity index is 350. The van der Waals surface area contributed by atoms with Crippen LogP contribution in [-0.2, 0) is 9.53 Å². The minimum Gasteiger partial charge on any atom is -0.377 e. The second kappa shape index (κ2) is 5.06. The summed E-state index contributed by atoms with van der Waals surface area (Å²) in [5, 5.41) is 0. The van der Waals surface area contributed by atoms with E-state index < -0.39 is 5.54 Å². The van der Waals surface area contributed by atoms with Crippen LogP contribution < -0.4 is 5.73 Å². The molecule has 1 heterocycles. The fourth-order valence-corrected chi connectivity index (χ4v) is 3.93. The highest BCUT2D eigenvalue weighted by atomic mass is 16.5. The topological polar surface area (TPSA) is 55.6 Å². The van der Waals surface area contributed by atoms with Crippen molar-refractivity contribution in [3.63, 3.8) is 0 Å². The van der Waals surface area contributed by atoms with Gasteiger partial charge in [-0.1, -0.05) is 27.7 Å². The molecule has 3 atom stereocenters. The second-order valence-corrected chi connectivity index (χ2v) is 6.57. The van der Waals surface area contributed by atoms with Gasteiger partial charge in [0, 0.05) is 31.0 Å². The molecule has 1 aliphatic heterocycles. The Balaban J connectivity index is 2.20. The fourth-order valence-electron chi connectivity index (χ4n) is 3.93. The lowest BCUT2D eigenvalue weighted by molar-refractivity contribution is -0.184. The number of carbonyl (C=O) groups is 1. The summed E-state index contributed by atoms with van der Waals surface area (Å²) in [6.07, 6.45) is 3.04. The van der Waals surface area contributed by atoms with E-state index in [2.05, 4.69) is 27.7 Å². The molecule has 2 rings (SSSR count). The van der Waals surface area contributed by atoms with Crippen molar-refractivity contribution >= 4 is 5.91 Å². The van der Waals surface area contributed by atoms with E-state index in [4.69, 9.17) is 10.5 Å². The maximum absolute atomic E-state index is 12.9. The molecular weight excluding hydrogens is 240 g/mol. The summed E-state index contributed by atoms with van der Waals surface area (Å²) < 4.78 is 5.76. The molecule has 2 aliphatic rings. The molecule has 1 amide bonds. The normalized spacial score (nSPS) is 35.6. The molecule has 0 aromatic heterocycles. The van der Waals surface area contributed by atoms with E-state index in [0.717, 1.165) is 39.0 Å². The van der Waals surface area contributed by atoms with Gasteiger partial charge in [0.1, 0.15) is 5.54 Å². The van der Waals surface area contributed by atoms with Gasteiger partial charge >= 0.3 is 0 Å².